The van der Waals surface area contributed by atoms with Crippen molar-refractivity contribution in [1.82, 2.24) is 4.57 Å². The molecule has 7 heteroatoms. The van der Waals surface area contributed by atoms with E-state index in [9.17, 15) is 14.0 Å². The van der Waals surface area contributed by atoms with Crippen LogP contribution in [0.2, 0.25) is 6.82 Å². The number of amides is 1. The molecular weight excluding hydrogens is 308 g/mol. The van der Waals surface area contributed by atoms with Gasteiger partial charge in [0.2, 0.25) is 0 Å². The minimum absolute atomic E-state index is 0.172. The third-order valence-electron chi connectivity index (χ3n) is 4.43. The highest BCUT2D eigenvalue weighted by Gasteiger charge is 2.26. The minimum atomic E-state index is -0.620. The summed E-state index contributed by atoms with van der Waals surface area (Å²) in [5.41, 5.74) is 7.89. The smallest absolute Gasteiger partial charge is 0.255 e. The number of aromatic nitrogens is 1. The number of hydrogen-bond acceptors (Lipinski definition) is 3. The topological polar surface area (TPSA) is 77.1 Å². The number of primary amides is 1. The second kappa shape index (κ2) is 6.15. The van der Waals surface area contributed by atoms with Crippen LogP contribution in [0.25, 0.3) is 0 Å². The van der Waals surface area contributed by atoms with Crippen molar-refractivity contribution in [3.63, 3.8) is 0 Å². The third-order valence-corrected chi connectivity index (χ3v) is 4.43. The Labute approximate surface area is 139 Å². The summed E-state index contributed by atoms with van der Waals surface area (Å²) in [6, 6.07) is 4.73. The molecule has 0 saturated carbocycles. The average molecular weight is 326 g/mol. The molecule has 0 saturated heterocycles. The maximum atomic E-state index is 14.3. The van der Waals surface area contributed by atoms with Crippen molar-refractivity contribution >= 4 is 30.0 Å². The summed E-state index contributed by atoms with van der Waals surface area (Å²) >= 11 is 0. The van der Waals surface area contributed by atoms with E-state index in [-0.39, 0.29) is 16.8 Å². The summed E-state index contributed by atoms with van der Waals surface area (Å²) in [6.07, 6.45) is 1.39. The number of carbonyl (C=O) groups excluding carboxylic acids is 1. The monoisotopic (exact) mass is 326 g/mol. The fraction of sp³-hybridized carbons (Fsp3) is 0.294. The fourth-order valence-corrected chi connectivity index (χ4v) is 3.17. The van der Waals surface area contributed by atoms with Crippen LogP contribution in [0.4, 0.5) is 15.8 Å². The van der Waals surface area contributed by atoms with Crippen LogP contribution in [0.1, 0.15) is 28.0 Å². The molecule has 24 heavy (non-hydrogen) atoms. The van der Waals surface area contributed by atoms with Gasteiger partial charge < -0.3 is 15.6 Å². The maximum absolute atomic E-state index is 14.3. The summed E-state index contributed by atoms with van der Waals surface area (Å²) in [6.45, 7) is 4.01. The Morgan fingerprint density at radius 2 is 2.17 bits per heavy atom. The first-order valence-electron chi connectivity index (χ1n) is 7.86. The highest BCUT2D eigenvalue weighted by molar-refractivity contribution is 6.51. The Morgan fingerprint density at radius 3 is 2.79 bits per heavy atom. The van der Waals surface area contributed by atoms with Crippen LogP contribution in [0.15, 0.2) is 23.0 Å². The molecule has 1 amide bonds. The van der Waals surface area contributed by atoms with E-state index in [4.69, 9.17) is 5.73 Å². The van der Waals surface area contributed by atoms with E-state index in [2.05, 4.69) is 5.32 Å². The van der Waals surface area contributed by atoms with Gasteiger partial charge in [0.05, 0.1) is 16.9 Å². The van der Waals surface area contributed by atoms with Gasteiger partial charge in [-0.2, -0.15) is 0 Å². The lowest BCUT2D eigenvalue weighted by Crippen LogP contribution is -2.28. The number of hydrogen-bond donors (Lipinski definition) is 2. The predicted molar refractivity (Wildman–Crippen MR) is 93.2 cm³/mol. The summed E-state index contributed by atoms with van der Waals surface area (Å²) in [5, 5.41) is 2.91. The number of fused-ring (bicyclic) bond motifs is 1. The molecule has 3 rings (SSSR count). The molecule has 123 valence electrons. The van der Waals surface area contributed by atoms with Gasteiger partial charge in [-0.3, -0.25) is 9.59 Å². The number of carbonyl (C=O) groups is 1. The molecule has 2 aromatic rings. The Morgan fingerprint density at radius 1 is 1.42 bits per heavy atom. The molecule has 1 aliphatic heterocycles. The second-order valence-electron chi connectivity index (χ2n) is 5.90. The van der Waals surface area contributed by atoms with E-state index in [0.717, 1.165) is 11.9 Å². The minimum Gasteiger partial charge on any atom is -0.365 e. The molecule has 0 spiro atoms. The van der Waals surface area contributed by atoms with Gasteiger partial charge in [-0.1, -0.05) is 18.4 Å². The van der Waals surface area contributed by atoms with Gasteiger partial charge in [0.15, 0.2) is 0 Å². The molecule has 0 fully saturated rings. The molecule has 1 aromatic heterocycles. The number of benzene rings is 1. The zero-order chi connectivity index (χ0) is 17.4. The summed E-state index contributed by atoms with van der Waals surface area (Å²) < 4.78 is 15.9. The first-order chi connectivity index (χ1) is 11.4. The number of rotatable bonds is 4. The molecular formula is C17H18BFN3O2. The van der Waals surface area contributed by atoms with Crippen LogP contribution in [-0.2, 0) is 13.0 Å². The van der Waals surface area contributed by atoms with Crippen LogP contribution >= 0.6 is 0 Å². The number of nitrogens with two attached hydrogens (primary N) is 1. The lowest BCUT2D eigenvalue weighted by atomic mass is 9.73. The van der Waals surface area contributed by atoms with Crippen molar-refractivity contribution in [2.45, 2.75) is 33.1 Å². The van der Waals surface area contributed by atoms with Crippen LogP contribution in [-0.4, -0.2) is 17.8 Å². The van der Waals surface area contributed by atoms with Crippen molar-refractivity contribution in [3.8, 4) is 0 Å². The third kappa shape index (κ3) is 2.60. The van der Waals surface area contributed by atoms with Gasteiger partial charge in [0.25, 0.3) is 11.5 Å². The molecule has 5 nitrogen and oxygen atoms in total. The Hall–Kier alpha value is -2.57. The number of anilines is 2. The van der Waals surface area contributed by atoms with E-state index < -0.39 is 11.7 Å². The number of nitrogens with zero attached hydrogens (tertiary/aromatic N) is 1. The Balaban J connectivity index is 2.16. The van der Waals surface area contributed by atoms with Crippen LogP contribution in [0.3, 0.4) is 0 Å². The molecule has 1 radical (unpaired) electrons. The zero-order valence-corrected chi connectivity index (χ0v) is 13.6. The molecule has 2 heterocycles. The van der Waals surface area contributed by atoms with Crippen molar-refractivity contribution < 1.29 is 9.18 Å². The van der Waals surface area contributed by atoms with Gasteiger partial charge in [-0.15, -0.1) is 0 Å². The van der Waals surface area contributed by atoms with E-state index >= 15 is 0 Å². The number of halogens is 1. The SMILES string of the molecule is C[B]c1ccc(Nc2c(C(N)=O)c3n(c(=O)c2C)CCC3)c(F)c1. The van der Waals surface area contributed by atoms with E-state index in [1.807, 2.05) is 6.82 Å². The van der Waals surface area contributed by atoms with Crippen molar-refractivity contribution in [1.29, 1.82) is 0 Å². The molecule has 0 aliphatic carbocycles. The van der Waals surface area contributed by atoms with E-state index in [1.165, 1.54) is 6.07 Å². The highest BCUT2D eigenvalue weighted by Crippen LogP contribution is 2.29. The van der Waals surface area contributed by atoms with Crippen molar-refractivity contribution in [2.24, 2.45) is 5.73 Å². The maximum Gasteiger partial charge on any atom is 0.255 e. The van der Waals surface area contributed by atoms with Crippen molar-refractivity contribution in [2.75, 3.05) is 5.32 Å². The van der Waals surface area contributed by atoms with E-state index in [1.54, 1.807) is 30.9 Å². The highest BCUT2D eigenvalue weighted by atomic mass is 19.1. The summed E-state index contributed by atoms with van der Waals surface area (Å²) in [4.78, 5) is 24.5. The van der Waals surface area contributed by atoms with Gasteiger partial charge in [0, 0.05) is 17.8 Å². The number of pyridine rings is 1. The first kappa shape index (κ1) is 16.3. The van der Waals surface area contributed by atoms with Crippen LogP contribution < -0.4 is 22.1 Å². The second-order valence-corrected chi connectivity index (χ2v) is 5.90. The Bertz CT molecular complexity index is 892. The molecule has 0 unspecified atom stereocenters. The quantitative estimate of drug-likeness (QED) is 0.835. The molecule has 0 bridgehead atoms. The fourth-order valence-electron chi connectivity index (χ4n) is 3.17. The predicted octanol–water partition coefficient (Wildman–Crippen LogP) is 1.46. The first-order valence-corrected chi connectivity index (χ1v) is 7.86. The van der Waals surface area contributed by atoms with E-state index in [0.29, 0.717) is 29.9 Å². The zero-order valence-electron chi connectivity index (χ0n) is 13.6. The van der Waals surface area contributed by atoms with Crippen LogP contribution in [0.5, 0.6) is 0 Å². The average Bonchev–Trinajstić information content (AvgIpc) is 3.02. The number of nitrogens with one attached hydrogen (secondary N) is 1. The lowest BCUT2D eigenvalue weighted by molar-refractivity contribution is 0.0999. The molecule has 1 aromatic carbocycles. The standard InChI is InChI=1S/C17H18BFN3O2/c1-9-15(21-12-6-5-10(18-2)8-11(12)19)14(16(20)23)13-4-3-7-22(13)17(9)24/h5-6,8,21H,3-4,7H2,1-2H3,(H2,20,23). The summed E-state index contributed by atoms with van der Waals surface area (Å²) in [7, 11) is 1.79. The lowest BCUT2D eigenvalue weighted by Gasteiger charge is -2.18. The molecule has 3 N–H and O–H groups in total. The van der Waals surface area contributed by atoms with Gasteiger partial charge in [-0.05, 0) is 31.9 Å². The van der Waals surface area contributed by atoms with Crippen molar-refractivity contribution in [3.05, 3.63) is 51.2 Å². The largest absolute Gasteiger partial charge is 0.365 e. The molecule has 1 aliphatic rings. The Kier molecular flexibility index (Phi) is 4.17. The molecule has 0 atom stereocenters. The van der Waals surface area contributed by atoms with Gasteiger partial charge >= 0.3 is 0 Å². The normalized spacial score (nSPS) is 12.8. The van der Waals surface area contributed by atoms with Gasteiger partial charge in [0.1, 0.15) is 13.1 Å². The van der Waals surface area contributed by atoms with Crippen LogP contribution in [0, 0.1) is 12.7 Å². The summed E-state index contributed by atoms with van der Waals surface area (Å²) in [5.74, 6) is -1.08. The van der Waals surface area contributed by atoms with Gasteiger partial charge in [-0.25, -0.2) is 4.39 Å².